The summed E-state index contributed by atoms with van der Waals surface area (Å²) in [5.74, 6) is 0.232. The molecule has 0 radical (unpaired) electrons. The average Bonchev–Trinajstić information content (AvgIpc) is 2.91. The van der Waals surface area contributed by atoms with Crippen molar-refractivity contribution in [3.63, 3.8) is 0 Å². The lowest BCUT2D eigenvalue weighted by molar-refractivity contribution is 0.0984. The number of hydrogen-bond donors (Lipinski definition) is 2. The highest BCUT2D eigenvalue weighted by molar-refractivity contribution is 6.05. The Morgan fingerprint density at radius 3 is 2.80 bits per heavy atom. The first-order chi connectivity index (χ1) is 9.52. The van der Waals surface area contributed by atoms with E-state index in [0.29, 0.717) is 17.0 Å². The Bertz CT molecular complexity index is 663. The molecule has 0 aliphatic heterocycles. The van der Waals surface area contributed by atoms with E-state index in [0.717, 1.165) is 0 Å². The zero-order valence-electron chi connectivity index (χ0n) is 11.1. The van der Waals surface area contributed by atoms with Crippen molar-refractivity contribution in [2.75, 3.05) is 11.9 Å². The Balaban J connectivity index is 2.29. The quantitative estimate of drug-likeness (QED) is 0.380. The maximum Gasteiger partial charge on any atom is 0.280 e. The maximum absolute atomic E-state index is 12.2. The van der Waals surface area contributed by atoms with Gasteiger partial charge in [-0.05, 0) is 19.1 Å². The number of amides is 1. The number of hydrogen-bond acceptors (Lipinski definition) is 5. The molecule has 0 saturated carbocycles. The predicted octanol–water partition coefficient (Wildman–Crippen LogP) is 1.35. The summed E-state index contributed by atoms with van der Waals surface area (Å²) in [5.41, 5.74) is 6.86. The second kappa shape index (κ2) is 5.43. The van der Waals surface area contributed by atoms with Crippen LogP contribution >= 0.6 is 0 Å². The van der Waals surface area contributed by atoms with E-state index in [4.69, 9.17) is 15.5 Å². The van der Waals surface area contributed by atoms with Crippen molar-refractivity contribution in [2.24, 2.45) is 10.9 Å². The molecule has 7 nitrogen and oxygen atoms in total. The average molecular weight is 274 g/mol. The molecule has 20 heavy (non-hydrogen) atoms. The van der Waals surface area contributed by atoms with Gasteiger partial charge >= 0.3 is 0 Å². The molecule has 1 aromatic heterocycles. The normalized spacial score (nSPS) is 11.4. The van der Waals surface area contributed by atoms with E-state index in [1.54, 1.807) is 44.3 Å². The van der Waals surface area contributed by atoms with Crippen LogP contribution in [0.4, 0.5) is 5.69 Å². The number of carbonyl (C=O) groups is 1. The van der Waals surface area contributed by atoms with Crippen molar-refractivity contribution < 1.29 is 14.5 Å². The zero-order chi connectivity index (χ0) is 14.7. The van der Waals surface area contributed by atoms with Gasteiger partial charge in [0.2, 0.25) is 0 Å². The van der Waals surface area contributed by atoms with Gasteiger partial charge in [0.05, 0.1) is 0 Å². The van der Waals surface area contributed by atoms with Crippen molar-refractivity contribution in [3.8, 4) is 0 Å². The number of benzene rings is 1. The summed E-state index contributed by atoms with van der Waals surface area (Å²) in [5, 5.41) is 15.3. The summed E-state index contributed by atoms with van der Waals surface area (Å²) in [6.45, 7) is 1.71. The van der Waals surface area contributed by atoms with E-state index in [1.165, 1.54) is 4.90 Å². The molecule has 0 spiro atoms. The van der Waals surface area contributed by atoms with Gasteiger partial charge in [-0.25, -0.2) is 0 Å². The Morgan fingerprint density at radius 1 is 1.45 bits per heavy atom. The zero-order valence-corrected chi connectivity index (χ0v) is 11.1. The van der Waals surface area contributed by atoms with Crippen molar-refractivity contribution in [3.05, 3.63) is 47.3 Å². The fourth-order valence-corrected chi connectivity index (χ4v) is 1.69. The molecule has 0 unspecified atom stereocenters. The van der Waals surface area contributed by atoms with Crippen molar-refractivity contribution in [2.45, 2.75) is 6.92 Å². The van der Waals surface area contributed by atoms with Crippen molar-refractivity contribution in [1.82, 2.24) is 5.16 Å². The van der Waals surface area contributed by atoms with E-state index in [9.17, 15) is 4.79 Å². The van der Waals surface area contributed by atoms with Gasteiger partial charge in [0.15, 0.2) is 11.5 Å². The van der Waals surface area contributed by atoms with E-state index in [2.05, 4.69) is 10.3 Å². The third-order valence-corrected chi connectivity index (χ3v) is 2.79. The largest absolute Gasteiger partial charge is 0.409 e. The molecule has 7 heteroatoms. The van der Waals surface area contributed by atoms with Gasteiger partial charge < -0.3 is 20.4 Å². The van der Waals surface area contributed by atoms with E-state index in [1.807, 2.05) is 0 Å². The van der Waals surface area contributed by atoms with Gasteiger partial charge in [-0.1, -0.05) is 22.4 Å². The van der Waals surface area contributed by atoms with E-state index < -0.39 is 0 Å². The van der Waals surface area contributed by atoms with Gasteiger partial charge in [-0.3, -0.25) is 4.79 Å². The van der Waals surface area contributed by atoms with Crippen LogP contribution in [-0.4, -0.2) is 29.2 Å². The lowest BCUT2D eigenvalue weighted by atomic mass is 10.1. The van der Waals surface area contributed by atoms with Gasteiger partial charge in [-0.2, -0.15) is 0 Å². The summed E-state index contributed by atoms with van der Waals surface area (Å²) in [6.07, 6.45) is 0. The molecule has 0 saturated heterocycles. The fraction of sp³-hybridized carbons (Fsp3) is 0.154. The van der Waals surface area contributed by atoms with Gasteiger partial charge in [0.25, 0.3) is 5.91 Å². The number of anilines is 1. The minimum absolute atomic E-state index is 0.0232. The number of carbonyl (C=O) groups excluding carboxylic acids is 1. The Kier molecular flexibility index (Phi) is 3.69. The van der Waals surface area contributed by atoms with E-state index in [-0.39, 0.29) is 17.4 Å². The molecule has 2 aromatic rings. The van der Waals surface area contributed by atoms with Crippen LogP contribution < -0.4 is 10.6 Å². The minimum Gasteiger partial charge on any atom is -0.409 e. The molecule has 0 bridgehead atoms. The molecule has 0 aliphatic carbocycles. The minimum atomic E-state index is -0.307. The first kappa shape index (κ1) is 13.6. The van der Waals surface area contributed by atoms with Crippen LogP contribution in [-0.2, 0) is 0 Å². The van der Waals surface area contributed by atoms with Crippen LogP contribution in [0.15, 0.2) is 40.0 Å². The standard InChI is InChI=1S/C13H14N4O3/c1-8-6-11(16-20-8)13(18)17(2)10-5-3-4-9(7-10)12(14)15-19/h3-7,19H,1-2H3,(H2,14,15). The summed E-state index contributed by atoms with van der Waals surface area (Å²) in [6, 6.07) is 8.32. The molecule has 1 aromatic carbocycles. The fourth-order valence-electron chi connectivity index (χ4n) is 1.69. The number of nitrogens with two attached hydrogens (primary N) is 1. The van der Waals surface area contributed by atoms with Crippen LogP contribution in [0.25, 0.3) is 0 Å². The van der Waals surface area contributed by atoms with Gasteiger partial charge in [0, 0.05) is 24.4 Å². The van der Waals surface area contributed by atoms with Crippen LogP contribution in [0, 0.1) is 6.92 Å². The Hall–Kier alpha value is -2.83. The summed E-state index contributed by atoms with van der Waals surface area (Å²) in [4.78, 5) is 13.6. The van der Waals surface area contributed by atoms with Crippen LogP contribution in [0.2, 0.25) is 0 Å². The first-order valence-corrected chi connectivity index (χ1v) is 5.82. The van der Waals surface area contributed by atoms with Crippen LogP contribution in [0.5, 0.6) is 0 Å². The molecular weight excluding hydrogens is 260 g/mol. The molecule has 104 valence electrons. The molecular formula is C13H14N4O3. The Labute approximate surface area is 115 Å². The highest BCUT2D eigenvalue weighted by atomic mass is 16.5. The Morgan fingerprint density at radius 2 is 2.20 bits per heavy atom. The predicted molar refractivity (Wildman–Crippen MR) is 72.9 cm³/mol. The molecule has 0 fully saturated rings. The summed E-state index contributed by atoms with van der Waals surface area (Å²) < 4.78 is 4.88. The highest BCUT2D eigenvalue weighted by Gasteiger charge is 2.17. The number of amidine groups is 1. The molecule has 2 rings (SSSR count). The number of oxime groups is 1. The number of rotatable bonds is 3. The topological polar surface area (TPSA) is 105 Å². The second-order valence-corrected chi connectivity index (χ2v) is 4.22. The number of aryl methyl sites for hydroxylation is 1. The first-order valence-electron chi connectivity index (χ1n) is 5.82. The van der Waals surface area contributed by atoms with Gasteiger partial charge in [0.1, 0.15) is 5.76 Å². The number of aromatic nitrogens is 1. The lowest BCUT2D eigenvalue weighted by Crippen LogP contribution is -2.27. The second-order valence-electron chi connectivity index (χ2n) is 4.22. The van der Waals surface area contributed by atoms with Crippen LogP contribution in [0.3, 0.4) is 0 Å². The molecule has 1 heterocycles. The molecule has 0 aliphatic rings. The third-order valence-electron chi connectivity index (χ3n) is 2.79. The lowest BCUT2D eigenvalue weighted by Gasteiger charge is -2.16. The van der Waals surface area contributed by atoms with E-state index >= 15 is 0 Å². The van der Waals surface area contributed by atoms with Gasteiger partial charge in [-0.15, -0.1) is 0 Å². The molecule has 0 atom stereocenters. The monoisotopic (exact) mass is 274 g/mol. The summed E-state index contributed by atoms with van der Waals surface area (Å²) in [7, 11) is 1.61. The molecule has 1 amide bonds. The molecule has 3 N–H and O–H groups in total. The third kappa shape index (κ3) is 2.61. The highest BCUT2D eigenvalue weighted by Crippen LogP contribution is 2.17. The SMILES string of the molecule is Cc1cc(C(=O)N(C)c2cccc(C(N)=NO)c2)no1. The van der Waals surface area contributed by atoms with Crippen molar-refractivity contribution in [1.29, 1.82) is 0 Å². The maximum atomic E-state index is 12.2. The summed E-state index contributed by atoms with van der Waals surface area (Å²) >= 11 is 0. The smallest absolute Gasteiger partial charge is 0.280 e. The number of nitrogens with zero attached hydrogens (tertiary/aromatic N) is 3. The van der Waals surface area contributed by atoms with Crippen molar-refractivity contribution >= 4 is 17.4 Å². The van der Waals surface area contributed by atoms with Crippen LogP contribution in [0.1, 0.15) is 21.8 Å².